The van der Waals surface area contributed by atoms with Crippen LogP contribution in [0.4, 0.5) is 0 Å². The van der Waals surface area contributed by atoms with E-state index < -0.39 is 12.3 Å². The van der Waals surface area contributed by atoms with E-state index in [9.17, 15) is 14.7 Å². The van der Waals surface area contributed by atoms with Crippen molar-refractivity contribution in [3.63, 3.8) is 0 Å². The number of carbonyl (C=O) groups is 2. The second-order valence-corrected chi connectivity index (χ2v) is 10.2. The summed E-state index contributed by atoms with van der Waals surface area (Å²) in [5, 5.41) is 21.0. The number of amides is 2. The summed E-state index contributed by atoms with van der Waals surface area (Å²) in [5.74, 6) is 0.929. The van der Waals surface area contributed by atoms with Crippen LogP contribution in [0.3, 0.4) is 0 Å². The molecule has 0 bridgehead atoms. The molecule has 2 fully saturated rings. The Balaban J connectivity index is 1.18. The number of aliphatic hydroxyl groups excluding tert-OH is 1. The van der Waals surface area contributed by atoms with Gasteiger partial charge >= 0.3 is 0 Å². The van der Waals surface area contributed by atoms with Crippen LogP contribution in [0.25, 0.3) is 0 Å². The van der Waals surface area contributed by atoms with Crippen molar-refractivity contribution in [1.82, 2.24) is 15.1 Å². The van der Waals surface area contributed by atoms with Crippen LogP contribution >= 0.6 is 11.8 Å². The summed E-state index contributed by atoms with van der Waals surface area (Å²) in [6.07, 6.45) is 6.19. The first kappa shape index (κ1) is 23.1. The number of nitrogens with one attached hydrogen (secondary N) is 1. The molecule has 0 aromatic heterocycles. The molecule has 8 heteroatoms. The van der Waals surface area contributed by atoms with Gasteiger partial charge in [0.15, 0.2) is 0 Å². The van der Waals surface area contributed by atoms with Crippen molar-refractivity contribution in [1.29, 1.82) is 5.26 Å². The third kappa shape index (κ3) is 5.28. The van der Waals surface area contributed by atoms with Crippen LogP contribution in [0, 0.1) is 17.2 Å². The Bertz CT molecular complexity index is 880. The van der Waals surface area contributed by atoms with Gasteiger partial charge in [-0.1, -0.05) is 25.3 Å². The monoisotopic (exact) mass is 456 g/mol. The molecular weight excluding hydrogens is 424 g/mol. The lowest BCUT2D eigenvalue weighted by molar-refractivity contribution is -0.132. The van der Waals surface area contributed by atoms with Gasteiger partial charge in [0, 0.05) is 30.1 Å². The standard InChI is InChI=1S/C24H32N4O3S/c25-13-17-14-27(15-17)11-4-2-1-3-5-12-32-21-8-6-7-18-19(21)16-28(24(18)31)20-9-10-22(29)26-23(20)30/h6-8,17,20,22,29H,1-5,9-12,14-16H2,(H,26,30). The predicted molar refractivity (Wildman–Crippen MR) is 123 cm³/mol. The van der Waals surface area contributed by atoms with E-state index in [0.717, 1.165) is 42.3 Å². The van der Waals surface area contributed by atoms with Gasteiger partial charge in [0.2, 0.25) is 5.91 Å². The van der Waals surface area contributed by atoms with Crippen LogP contribution in [0.15, 0.2) is 23.1 Å². The second-order valence-electron chi connectivity index (χ2n) is 9.03. The first-order valence-corrected chi connectivity index (χ1v) is 12.7. The van der Waals surface area contributed by atoms with Crippen molar-refractivity contribution in [3.05, 3.63) is 29.3 Å². The molecule has 0 radical (unpaired) electrons. The highest BCUT2D eigenvalue weighted by Crippen LogP contribution is 2.35. The number of hydrogen-bond acceptors (Lipinski definition) is 6. The molecule has 172 valence electrons. The minimum Gasteiger partial charge on any atom is -0.374 e. The average Bonchev–Trinajstić information content (AvgIpc) is 3.08. The van der Waals surface area contributed by atoms with E-state index in [-0.39, 0.29) is 17.7 Å². The molecule has 2 N–H and O–H groups in total. The number of rotatable bonds is 10. The molecule has 0 spiro atoms. The highest BCUT2D eigenvalue weighted by atomic mass is 32.2. The molecule has 3 aliphatic heterocycles. The molecule has 0 aliphatic carbocycles. The molecule has 3 heterocycles. The number of hydrogen-bond donors (Lipinski definition) is 2. The number of thioether (sulfide) groups is 1. The first-order chi connectivity index (χ1) is 15.6. The van der Waals surface area contributed by atoms with Gasteiger partial charge in [-0.05, 0) is 55.7 Å². The molecule has 0 saturated carbocycles. The van der Waals surface area contributed by atoms with Crippen molar-refractivity contribution in [2.24, 2.45) is 5.92 Å². The van der Waals surface area contributed by atoms with Crippen molar-refractivity contribution < 1.29 is 14.7 Å². The van der Waals surface area contributed by atoms with Gasteiger partial charge in [-0.15, -0.1) is 11.8 Å². The smallest absolute Gasteiger partial charge is 0.255 e. The molecular formula is C24H32N4O3S. The van der Waals surface area contributed by atoms with Gasteiger partial charge in [-0.2, -0.15) is 5.26 Å². The van der Waals surface area contributed by atoms with Crippen molar-refractivity contribution >= 4 is 23.6 Å². The molecule has 2 amide bonds. The Kier molecular flexibility index (Phi) is 7.71. The number of aliphatic hydroxyl groups is 1. The van der Waals surface area contributed by atoms with Gasteiger partial charge in [0.25, 0.3) is 5.91 Å². The third-order valence-electron chi connectivity index (χ3n) is 6.67. The lowest BCUT2D eigenvalue weighted by Crippen LogP contribution is -2.54. The highest BCUT2D eigenvalue weighted by Gasteiger charge is 2.39. The number of piperidine rings is 1. The molecule has 1 aromatic rings. The van der Waals surface area contributed by atoms with Gasteiger partial charge < -0.3 is 20.2 Å². The maximum absolute atomic E-state index is 12.9. The fourth-order valence-corrected chi connectivity index (χ4v) is 5.87. The molecule has 3 aliphatic rings. The summed E-state index contributed by atoms with van der Waals surface area (Å²) in [4.78, 5) is 30.4. The second kappa shape index (κ2) is 10.7. The third-order valence-corrected chi connectivity index (χ3v) is 7.86. The summed E-state index contributed by atoms with van der Waals surface area (Å²) in [6, 6.07) is 7.68. The summed E-state index contributed by atoms with van der Waals surface area (Å²) in [5.41, 5.74) is 1.74. The molecule has 7 nitrogen and oxygen atoms in total. The summed E-state index contributed by atoms with van der Waals surface area (Å²) in [6.45, 7) is 3.48. The number of unbranched alkanes of at least 4 members (excludes halogenated alkanes) is 4. The van der Waals surface area contributed by atoms with Crippen LogP contribution in [-0.2, 0) is 11.3 Å². The Labute approximate surface area is 194 Å². The van der Waals surface area contributed by atoms with E-state index >= 15 is 0 Å². The van der Waals surface area contributed by atoms with Crippen molar-refractivity contribution in [2.75, 3.05) is 25.4 Å². The van der Waals surface area contributed by atoms with Crippen LogP contribution in [0.2, 0.25) is 0 Å². The topological polar surface area (TPSA) is 96.7 Å². The van der Waals surface area contributed by atoms with Crippen LogP contribution in [-0.4, -0.2) is 64.4 Å². The molecule has 1 aromatic carbocycles. The normalized spacial score (nSPS) is 23.6. The Morgan fingerprint density at radius 3 is 2.69 bits per heavy atom. The number of benzene rings is 1. The fourth-order valence-electron chi connectivity index (χ4n) is 4.77. The van der Waals surface area contributed by atoms with E-state index in [1.54, 1.807) is 16.7 Å². The number of nitriles is 1. The van der Waals surface area contributed by atoms with E-state index in [4.69, 9.17) is 5.26 Å². The van der Waals surface area contributed by atoms with Gasteiger partial charge in [-0.3, -0.25) is 9.59 Å². The zero-order valence-corrected chi connectivity index (χ0v) is 19.3. The zero-order valence-electron chi connectivity index (χ0n) is 18.5. The number of fused-ring (bicyclic) bond motifs is 1. The maximum atomic E-state index is 12.9. The van der Waals surface area contributed by atoms with Crippen LogP contribution in [0.1, 0.15) is 60.9 Å². The SMILES string of the molecule is N#CC1CN(CCCCCCCSc2cccc3c2CN(C2CCC(O)NC2=O)C3=O)C1. The Morgan fingerprint density at radius 1 is 1.12 bits per heavy atom. The summed E-state index contributed by atoms with van der Waals surface area (Å²) >= 11 is 1.80. The summed E-state index contributed by atoms with van der Waals surface area (Å²) < 4.78 is 0. The largest absolute Gasteiger partial charge is 0.374 e. The maximum Gasteiger partial charge on any atom is 0.255 e. The molecule has 2 saturated heterocycles. The number of nitrogens with zero attached hydrogens (tertiary/aromatic N) is 3. The number of carbonyl (C=O) groups excluding carboxylic acids is 2. The lowest BCUT2D eigenvalue weighted by atomic mass is 10.0. The van der Waals surface area contributed by atoms with Crippen molar-refractivity contribution in [3.8, 4) is 6.07 Å². The average molecular weight is 457 g/mol. The van der Waals surface area contributed by atoms with Crippen LogP contribution < -0.4 is 5.32 Å². The van der Waals surface area contributed by atoms with E-state index in [0.29, 0.717) is 24.9 Å². The fraction of sp³-hybridized carbons (Fsp3) is 0.625. The summed E-state index contributed by atoms with van der Waals surface area (Å²) in [7, 11) is 0. The molecule has 4 rings (SSSR count). The van der Waals surface area contributed by atoms with Gasteiger partial charge in [-0.25, -0.2) is 0 Å². The van der Waals surface area contributed by atoms with Crippen molar-refractivity contribution in [2.45, 2.75) is 68.7 Å². The Morgan fingerprint density at radius 2 is 1.91 bits per heavy atom. The lowest BCUT2D eigenvalue weighted by Gasteiger charge is -2.35. The predicted octanol–water partition coefficient (Wildman–Crippen LogP) is 2.74. The molecule has 2 unspecified atom stereocenters. The number of likely N-dealkylation sites (tertiary alicyclic amines) is 1. The highest BCUT2D eigenvalue weighted by molar-refractivity contribution is 7.99. The molecule has 32 heavy (non-hydrogen) atoms. The minimum atomic E-state index is -0.809. The van der Waals surface area contributed by atoms with E-state index in [1.165, 1.54) is 25.7 Å². The Hall–Kier alpha value is -2.08. The van der Waals surface area contributed by atoms with Gasteiger partial charge in [0.1, 0.15) is 12.3 Å². The zero-order chi connectivity index (χ0) is 22.5. The van der Waals surface area contributed by atoms with Crippen LogP contribution in [0.5, 0.6) is 0 Å². The quantitative estimate of drug-likeness (QED) is 0.415. The van der Waals surface area contributed by atoms with E-state index in [1.807, 2.05) is 12.1 Å². The van der Waals surface area contributed by atoms with Gasteiger partial charge in [0.05, 0.1) is 12.0 Å². The first-order valence-electron chi connectivity index (χ1n) is 11.7. The van der Waals surface area contributed by atoms with E-state index in [2.05, 4.69) is 22.4 Å². The minimum absolute atomic E-state index is 0.0812. The molecule has 2 atom stereocenters.